The molecule has 27 heavy (non-hydrogen) atoms. The van der Waals surface area contributed by atoms with Crippen LogP contribution in [0.2, 0.25) is 0 Å². The summed E-state index contributed by atoms with van der Waals surface area (Å²) in [6.07, 6.45) is 2.21. The fourth-order valence-electron chi connectivity index (χ4n) is 3.48. The lowest BCUT2D eigenvalue weighted by Crippen LogP contribution is -2.48. The molecule has 0 saturated carbocycles. The summed E-state index contributed by atoms with van der Waals surface area (Å²) in [4.78, 5) is 14.5. The zero-order chi connectivity index (χ0) is 19.3. The van der Waals surface area contributed by atoms with Crippen molar-refractivity contribution >= 4 is 15.9 Å². The van der Waals surface area contributed by atoms with Gasteiger partial charge in [-0.1, -0.05) is 12.1 Å². The van der Waals surface area contributed by atoms with E-state index in [1.807, 2.05) is 24.3 Å². The Morgan fingerprint density at radius 3 is 2.48 bits per heavy atom. The molecule has 0 radical (unpaired) electrons. The van der Waals surface area contributed by atoms with Gasteiger partial charge in [-0.05, 0) is 37.5 Å². The SMILES string of the molecule is CCS(=O)(=O)N1CCN(Cc2ccc(C(=O)NCC3CCCO3)cc2)CC1. The van der Waals surface area contributed by atoms with Crippen molar-refractivity contribution in [2.75, 3.05) is 45.1 Å². The molecule has 2 aliphatic heterocycles. The van der Waals surface area contributed by atoms with E-state index in [4.69, 9.17) is 4.74 Å². The van der Waals surface area contributed by atoms with Crippen molar-refractivity contribution in [2.45, 2.75) is 32.4 Å². The zero-order valence-corrected chi connectivity index (χ0v) is 16.7. The lowest BCUT2D eigenvalue weighted by Gasteiger charge is -2.33. The molecule has 7 nitrogen and oxygen atoms in total. The molecule has 2 heterocycles. The highest BCUT2D eigenvalue weighted by molar-refractivity contribution is 7.89. The summed E-state index contributed by atoms with van der Waals surface area (Å²) >= 11 is 0. The molecule has 2 aliphatic rings. The minimum Gasteiger partial charge on any atom is -0.376 e. The molecular formula is C19H29N3O4S. The summed E-state index contributed by atoms with van der Waals surface area (Å²) in [6, 6.07) is 7.63. The Morgan fingerprint density at radius 1 is 1.19 bits per heavy atom. The van der Waals surface area contributed by atoms with Gasteiger partial charge >= 0.3 is 0 Å². The van der Waals surface area contributed by atoms with Gasteiger partial charge in [-0.2, -0.15) is 4.31 Å². The predicted octanol–water partition coefficient (Wildman–Crippen LogP) is 1.06. The number of ether oxygens (including phenoxy) is 1. The van der Waals surface area contributed by atoms with Crippen LogP contribution in [0.4, 0.5) is 0 Å². The third-order valence-electron chi connectivity index (χ3n) is 5.23. The van der Waals surface area contributed by atoms with E-state index in [1.165, 1.54) is 0 Å². The lowest BCUT2D eigenvalue weighted by atomic mass is 10.1. The Morgan fingerprint density at radius 2 is 1.89 bits per heavy atom. The smallest absolute Gasteiger partial charge is 0.251 e. The van der Waals surface area contributed by atoms with Gasteiger partial charge in [0, 0.05) is 51.4 Å². The fraction of sp³-hybridized carbons (Fsp3) is 0.632. The molecule has 0 spiro atoms. The second-order valence-electron chi connectivity index (χ2n) is 7.12. The summed E-state index contributed by atoms with van der Waals surface area (Å²) in [5, 5.41) is 2.93. The summed E-state index contributed by atoms with van der Waals surface area (Å²) < 4.78 is 30.9. The lowest BCUT2D eigenvalue weighted by molar-refractivity contribution is 0.0857. The molecule has 0 aromatic heterocycles. The maximum atomic E-state index is 12.2. The molecule has 0 aliphatic carbocycles. The van der Waals surface area contributed by atoms with Crippen LogP contribution < -0.4 is 5.32 Å². The van der Waals surface area contributed by atoms with Crippen molar-refractivity contribution in [3.05, 3.63) is 35.4 Å². The average Bonchev–Trinajstić information content (AvgIpc) is 3.21. The third kappa shape index (κ3) is 5.51. The van der Waals surface area contributed by atoms with Crippen LogP contribution in [0.5, 0.6) is 0 Å². The van der Waals surface area contributed by atoms with Crippen molar-refractivity contribution in [3.63, 3.8) is 0 Å². The number of rotatable bonds is 7. The minimum absolute atomic E-state index is 0.0737. The number of nitrogens with zero attached hydrogens (tertiary/aromatic N) is 2. The number of sulfonamides is 1. The Balaban J connectivity index is 1.46. The van der Waals surface area contributed by atoms with E-state index in [0.717, 1.165) is 44.6 Å². The molecule has 2 saturated heterocycles. The summed E-state index contributed by atoms with van der Waals surface area (Å²) in [5.74, 6) is 0.0825. The molecule has 1 aromatic carbocycles. The number of carbonyl (C=O) groups is 1. The highest BCUT2D eigenvalue weighted by Crippen LogP contribution is 2.13. The van der Waals surface area contributed by atoms with Crippen molar-refractivity contribution in [2.24, 2.45) is 0 Å². The van der Waals surface area contributed by atoms with E-state index in [0.29, 0.717) is 25.2 Å². The molecule has 1 N–H and O–H groups in total. The molecule has 2 fully saturated rings. The predicted molar refractivity (Wildman–Crippen MR) is 104 cm³/mol. The topological polar surface area (TPSA) is 79.0 Å². The monoisotopic (exact) mass is 395 g/mol. The van der Waals surface area contributed by atoms with Gasteiger partial charge in [0.05, 0.1) is 11.9 Å². The van der Waals surface area contributed by atoms with Gasteiger partial charge in [0.25, 0.3) is 5.91 Å². The molecule has 1 amide bonds. The second-order valence-corrected chi connectivity index (χ2v) is 9.38. The van der Waals surface area contributed by atoms with Gasteiger partial charge < -0.3 is 10.1 Å². The van der Waals surface area contributed by atoms with Gasteiger partial charge in [0.15, 0.2) is 0 Å². The quantitative estimate of drug-likeness (QED) is 0.747. The van der Waals surface area contributed by atoms with Crippen LogP contribution in [0.25, 0.3) is 0 Å². The van der Waals surface area contributed by atoms with Gasteiger partial charge in [-0.3, -0.25) is 9.69 Å². The van der Waals surface area contributed by atoms with Crippen molar-refractivity contribution in [3.8, 4) is 0 Å². The summed E-state index contributed by atoms with van der Waals surface area (Å²) in [6.45, 7) is 6.32. The van der Waals surface area contributed by atoms with Crippen molar-refractivity contribution < 1.29 is 17.9 Å². The largest absolute Gasteiger partial charge is 0.376 e. The van der Waals surface area contributed by atoms with E-state index in [2.05, 4.69) is 10.2 Å². The first-order chi connectivity index (χ1) is 13.0. The summed E-state index contributed by atoms with van der Waals surface area (Å²) in [5.41, 5.74) is 1.77. The molecule has 150 valence electrons. The fourth-order valence-corrected chi connectivity index (χ4v) is 4.57. The van der Waals surface area contributed by atoms with Crippen LogP contribution in [-0.4, -0.2) is 74.7 Å². The van der Waals surface area contributed by atoms with Crippen LogP contribution in [-0.2, 0) is 21.3 Å². The Bertz CT molecular complexity index is 722. The normalized spacial score (nSPS) is 22.0. The number of piperazine rings is 1. The average molecular weight is 396 g/mol. The molecular weight excluding hydrogens is 366 g/mol. The van der Waals surface area contributed by atoms with Crippen LogP contribution in [0.1, 0.15) is 35.7 Å². The van der Waals surface area contributed by atoms with E-state index in [1.54, 1.807) is 11.2 Å². The number of hydrogen-bond acceptors (Lipinski definition) is 5. The number of benzene rings is 1. The van der Waals surface area contributed by atoms with Crippen LogP contribution >= 0.6 is 0 Å². The van der Waals surface area contributed by atoms with Gasteiger partial charge in [-0.15, -0.1) is 0 Å². The van der Waals surface area contributed by atoms with Gasteiger partial charge in [-0.25, -0.2) is 8.42 Å². The molecule has 1 aromatic rings. The second kappa shape index (κ2) is 9.14. The first kappa shape index (κ1) is 20.3. The number of carbonyl (C=O) groups excluding carboxylic acids is 1. The van der Waals surface area contributed by atoms with Crippen molar-refractivity contribution in [1.29, 1.82) is 0 Å². The maximum absolute atomic E-state index is 12.2. The van der Waals surface area contributed by atoms with Crippen LogP contribution in [0, 0.1) is 0 Å². The maximum Gasteiger partial charge on any atom is 0.251 e. The molecule has 1 unspecified atom stereocenters. The Labute approximate surface area is 161 Å². The number of nitrogens with one attached hydrogen (secondary N) is 1. The zero-order valence-electron chi connectivity index (χ0n) is 15.9. The third-order valence-corrected chi connectivity index (χ3v) is 7.11. The number of hydrogen-bond donors (Lipinski definition) is 1. The van der Waals surface area contributed by atoms with E-state index < -0.39 is 10.0 Å². The van der Waals surface area contributed by atoms with Gasteiger partial charge in [0.2, 0.25) is 10.0 Å². The molecule has 1 atom stereocenters. The molecule has 3 rings (SSSR count). The Hall–Kier alpha value is -1.48. The van der Waals surface area contributed by atoms with E-state index in [-0.39, 0.29) is 17.8 Å². The highest BCUT2D eigenvalue weighted by atomic mass is 32.2. The van der Waals surface area contributed by atoms with Crippen LogP contribution in [0.3, 0.4) is 0 Å². The minimum atomic E-state index is -3.09. The molecule has 8 heteroatoms. The Kier molecular flexibility index (Phi) is 6.86. The first-order valence-electron chi connectivity index (χ1n) is 9.67. The van der Waals surface area contributed by atoms with E-state index in [9.17, 15) is 13.2 Å². The van der Waals surface area contributed by atoms with E-state index >= 15 is 0 Å². The summed E-state index contributed by atoms with van der Waals surface area (Å²) in [7, 11) is -3.09. The van der Waals surface area contributed by atoms with Crippen molar-refractivity contribution in [1.82, 2.24) is 14.5 Å². The highest BCUT2D eigenvalue weighted by Gasteiger charge is 2.25. The number of amides is 1. The standard InChI is InChI=1S/C19H29N3O4S/c1-2-27(24,25)22-11-9-21(10-12-22)15-16-5-7-17(8-6-16)19(23)20-14-18-4-3-13-26-18/h5-8,18H,2-4,9-15H2,1H3,(H,20,23). The first-order valence-corrected chi connectivity index (χ1v) is 11.3. The van der Waals surface area contributed by atoms with Gasteiger partial charge in [0.1, 0.15) is 0 Å². The molecule has 0 bridgehead atoms. The van der Waals surface area contributed by atoms with Crippen LogP contribution in [0.15, 0.2) is 24.3 Å².